The van der Waals surface area contributed by atoms with Crippen molar-refractivity contribution in [2.75, 3.05) is 13.7 Å². The molecule has 0 saturated carbocycles. The Bertz CT molecular complexity index is 914. The summed E-state index contributed by atoms with van der Waals surface area (Å²) in [5.74, 6) is -1.45. The third-order valence-electron chi connectivity index (χ3n) is 4.24. The Hall–Kier alpha value is -3.48. The lowest BCUT2D eigenvalue weighted by atomic mass is 10.1. The smallest absolute Gasteiger partial charge is 0.326 e. The van der Waals surface area contributed by atoms with Crippen molar-refractivity contribution in [1.82, 2.24) is 4.90 Å². The zero-order chi connectivity index (χ0) is 19.6. The highest BCUT2D eigenvalue weighted by Crippen LogP contribution is 2.23. The fraction of sp³-hybridized carbons (Fsp3) is 0.200. The number of methoxy groups -OCH3 is 1. The van der Waals surface area contributed by atoms with Gasteiger partial charge in [0.1, 0.15) is 18.9 Å². The maximum atomic E-state index is 12.3. The summed E-state index contributed by atoms with van der Waals surface area (Å²) in [6.45, 7) is 0.799. The van der Waals surface area contributed by atoms with E-state index >= 15 is 0 Å². The Kier molecular flexibility index (Phi) is 5.03. The number of hydrogen-bond donors (Lipinski definition) is 0. The van der Waals surface area contributed by atoms with Crippen molar-refractivity contribution in [3.63, 3.8) is 0 Å². The lowest BCUT2D eigenvalue weighted by molar-refractivity contribution is -0.145. The van der Waals surface area contributed by atoms with Crippen LogP contribution in [0.3, 0.4) is 0 Å². The van der Waals surface area contributed by atoms with Crippen LogP contribution < -0.4 is 4.74 Å². The summed E-state index contributed by atoms with van der Waals surface area (Å²) in [7, 11) is 1.47. The number of benzene rings is 2. The maximum Gasteiger partial charge on any atom is 0.326 e. The third kappa shape index (κ3) is 3.57. The van der Waals surface area contributed by atoms with Crippen molar-refractivity contribution in [3.8, 4) is 5.75 Å². The standard InChI is InChI=1S/C20H17NO6/c1-12(22)13-7-8-17(26-2)14(9-13)11-27-18(23)10-21-19(24)15-5-3-4-6-16(15)20(21)25/h3-9H,10-11H2,1-2H3. The van der Waals surface area contributed by atoms with Crippen molar-refractivity contribution >= 4 is 23.6 Å². The van der Waals surface area contributed by atoms with E-state index in [2.05, 4.69) is 0 Å². The molecule has 138 valence electrons. The Labute approximate surface area is 155 Å². The van der Waals surface area contributed by atoms with Crippen LogP contribution in [0.4, 0.5) is 0 Å². The number of carbonyl (C=O) groups excluding carboxylic acids is 4. The van der Waals surface area contributed by atoms with Crippen molar-refractivity contribution in [2.45, 2.75) is 13.5 Å². The summed E-state index contributed by atoms with van der Waals surface area (Å²) < 4.78 is 10.4. The van der Waals surface area contributed by atoms with Crippen LogP contribution in [-0.2, 0) is 16.1 Å². The Balaban J connectivity index is 1.68. The molecule has 0 radical (unpaired) electrons. The van der Waals surface area contributed by atoms with Crippen LogP contribution in [-0.4, -0.2) is 42.1 Å². The van der Waals surface area contributed by atoms with E-state index in [0.717, 1.165) is 4.90 Å². The quantitative estimate of drug-likeness (QED) is 0.442. The number of carbonyl (C=O) groups is 4. The van der Waals surface area contributed by atoms with Crippen molar-refractivity contribution < 1.29 is 28.7 Å². The first-order chi connectivity index (χ1) is 12.9. The number of Topliss-reactive ketones (excluding diaryl/α,β-unsaturated/α-hetero) is 1. The molecular weight excluding hydrogens is 350 g/mol. The highest BCUT2D eigenvalue weighted by molar-refractivity contribution is 6.22. The first-order valence-corrected chi connectivity index (χ1v) is 8.21. The molecule has 7 heteroatoms. The first kappa shape index (κ1) is 18.3. The number of imide groups is 1. The van der Waals surface area contributed by atoms with Gasteiger partial charge in [0.15, 0.2) is 5.78 Å². The molecule has 0 unspecified atom stereocenters. The summed E-state index contributed by atoms with van der Waals surface area (Å²) in [5.41, 5.74) is 1.51. The molecule has 3 rings (SSSR count). The molecule has 0 N–H and O–H groups in total. The molecular formula is C20H17NO6. The molecule has 0 aliphatic carbocycles. The summed E-state index contributed by atoms with van der Waals surface area (Å²) >= 11 is 0. The van der Waals surface area contributed by atoms with E-state index in [0.29, 0.717) is 16.9 Å². The van der Waals surface area contributed by atoms with E-state index in [4.69, 9.17) is 9.47 Å². The van der Waals surface area contributed by atoms with E-state index < -0.39 is 24.3 Å². The lowest BCUT2D eigenvalue weighted by Gasteiger charge is -2.14. The Morgan fingerprint density at radius 1 is 1.00 bits per heavy atom. The number of rotatable bonds is 6. The second-order valence-electron chi connectivity index (χ2n) is 5.99. The van der Waals surface area contributed by atoms with Crippen LogP contribution in [0.2, 0.25) is 0 Å². The van der Waals surface area contributed by atoms with Crippen LogP contribution in [0.25, 0.3) is 0 Å². The van der Waals surface area contributed by atoms with E-state index in [9.17, 15) is 19.2 Å². The number of nitrogens with zero attached hydrogens (tertiary/aromatic N) is 1. The van der Waals surface area contributed by atoms with Gasteiger partial charge in [-0.2, -0.15) is 0 Å². The highest BCUT2D eigenvalue weighted by Gasteiger charge is 2.36. The SMILES string of the molecule is COc1ccc(C(C)=O)cc1COC(=O)CN1C(=O)c2ccccc2C1=O. The molecule has 0 bridgehead atoms. The summed E-state index contributed by atoms with van der Waals surface area (Å²) in [5, 5.41) is 0. The molecule has 1 aliphatic heterocycles. The number of hydrogen-bond acceptors (Lipinski definition) is 6. The molecule has 0 fully saturated rings. The lowest BCUT2D eigenvalue weighted by Crippen LogP contribution is -2.35. The highest BCUT2D eigenvalue weighted by atomic mass is 16.5. The minimum atomic E-state index is -0.736. The fourth-order valence-electron chi connectivity index (χ4n) is 2.83. The molecule has 0 atom stereocenters. The Morgan fingerprint density at radius 3 is 2.19 bits per heavy atom. The van der Waals surface area contributed by atoms with Gasteiger partial charge in [-0.3, -0.25) is 24.1 Å². The van der Waals surface area contributed by atoms with Crippen LogP contribution >= 0.6 is 0 Å². The molecule has 0 aromatic heterocycles. The number of amides is 2. The zero-order valence-electron chi connectivity index (χ0n) is 14.9. The van der Waals surface area contributed by atoms with Gasteiger partial charge in [0.25, 0.3) is 11.8 Å². The van der Waals surface area contributed by atoms with Gasteiger partial charge in [-0.05, 0) is 37.3 Å². The topological polar surface area (TPSA) is 90.0 Å². The van der Waals surface area contributed by atoms with Crippen LogP contribution in [0.15, 0.2) is 42.5 Å². The van der Waals surface area contributed by atoms with Gasteiger partial charge in [0.05, 0.1) is 18.2 Å². The molecule has 2 amide bonds. The largest absolute Gasteiger partial charge is 0.496 e. The van der Waals surface area contributed by atoms with Gasteiger partial charge in [-0.15, -0.1) is 0 Å². The number of esters is 1. The average Bonchev–Trinajstić information content (AvgIpc) is 2.91. The van der Waals surface area contributed by atoms with Crippen LogP contribution in [0.5, 0.6) is 5.75 Å². The molecule has 0 saturated heterocycles. The molecule has 2 aromatic rings. The van der Waals surface area contributed by atoms with Crippen LogP contribution in [0, 0.1) is 0 Å². The number of fused-ring (bicyclic) bond motifs is 1. The van der Waals surface area contributed by atoms with E-state index in [-0.39, 0.29) is 23.5 Å². The second-order valence-corrected chi connectivity index (χ2v) is 5.99. The van der Waals surface area contributed by atoms with Gasteiger partial charge in [-0.1, -0.05) is 12.1 Å². The molecule has 0 spiro atoms. The summed E-state index contributed by atoms with van der Waals surface area (Å²) in [6, 6.07) is 11.2. The van der Waals surface area contributed by atoms with Gasteiger partial charge in [-0.25, -0.2) is 0 Å². The maximum absolute atomic E-state index is 12.3. The van der Waals surface area contributed by atoms with Gasteiger partial charge < -0.3 is 9.47 Å². The summed E-state index contributed by atoms with van der Waals surface area (Å²) in [6.07, 6.45) is 0. The van der Waals surface area contributed by atoms with Crippen molar-refractivity contribution in [2.24, 2.45) is 0 Å². The monoisotopic (exact) mass is 367 g/mol. The molecule has 7 nitrogen and oxygen atoms in total. The minimum Gasteiger partial charge on any atom is -0.496 e. The number of ether oxygens (including phenoxy) is 2. The van der Waals surface area contributed by atoms with Crippen LogP contribution in [0.1, 0.15) is 43.6 Å². The van der Waals surface area contributed by atoms with Crippen molar-refractivity contribution in [1.29, 1.82) is 0 Å². The normalized spacial score (nSPS) is 12.7. The van der Waals surface area contributed by atoms with E-state index in [1.165, 1.54) is 14.0 Å². The van der Waals surface area contributed by atoms with Crippen molar-refractivity contribution in [3.05, 3.63) is 64.7 Å². The first-order valence-electron chi connectivity index (χ1n) is 8.21. The second kappa shape index (κ2) is 7.41. The average molecular weight is 367 g/mol. The third-order valence-corrected chi connectivity index (χ3v) is 4.24. The van der Waals surface area contributed by atoms with Gasteiger partial charge in [0.2, 0.25) is 0 Å². The molecule has 2 aromatic carbocycles. The van der Waals surface area contributed by atoms with E-state index in [1.54, 1.807) is 42.5 Å². The molecule has 27 heavy (non-hydrogen) atoms. The van der Waals surface area contributed by atoms with Gasteiger partial charge in [0, 0.05) is 11.1 Å². The predicted molar refractivity (Wildman–Crippen MR) is 94.6 cm³/mol. The Morgan fingerprint density at radius 2 is 1.63 bits per heavy atom. The van der Waals surface area contributed by atoms with Gasteiger partial charge >= 0.3 is 5.97 Å². The van der Waals surface area contributed by atoms with E-state index in [1.807, 2.05) is 0 Å². The predicted octanol–water partition coefficient (Wildman–Crippen LogP) is 2.24. The zero-order valence-corrected chi connectivity index (χ0v) is 14.9. The fourth-order valence-corrected chi connectivity index (χ4v) is 2.83. The molecule has 1 heterocycles. The minimum absolute atomic E-state index is 0.128. The summed E-state index contributed by atoms with van der Waals surface area (Å²) in [4.78, 5) is 49.1. The number of ketones is 1. The molecule has 1 aliphatic rings.